The molecule has 1 aromatic heterocycles. The maximum atomic E-state index is 12.6. The lowest BCUT2D eigenvalue weighted by Crippen LogP contribution is -2.30. The number of nitrogens with one attached hydrogen (secondary N) is 3. The third kappa shape index (κ3) is 6.98. The Labute approximate surface area is 188 Å². The van der Waals surface area contributed by atoms with E-state index in [-0.39, 0.29) is 22.2 Å². The van der Waals surface area contributed by atoms with Crippen LogP contribution < -0.4 is 30.7 Å². The smallest absolute Gasteiger partial charge is 0.277 e. The van der Waals surface area contributed by atoms with E-state index in [1.165, 1.54) is 10.8 Å². The molecule has 0 unspecified atom stereocenters. The monoisotopic (exact) mass is 457 g/mol. The van der Waals surface area contributed by atoms with Gasteiger partial charge in [0, 0.05) is 44.3 Å². The minimum Gasteiger partial charge on any atom is -0.383 e. The van der Waals surface area contributed by atoms with Crippen molar-refractivity contribution >= 4 is 40.1 Å². The number of rotatable bonds is 10. The largest absolute Gasteiger partial charge is 0.383 e. The molecule has 1 heterocycles. The van der Waals surface area contributed by atoms with E-state index >= 15 is 0 Å². The normalized spacial score (nSPS) is 9.81. The van der Waals surface area contributed by atoms with Gasteiger partial charge in [-0.1, -0.05) is 28.9 Å². The topological polar surface area (TPSA) is 108 Å². The number of thiazole rings is 1. The highest BCUT2D eigenvalue weighted by Gasteiger charge is 2.08. The van der Waals surface area contributed by atoms with E-state index in [0.717, 1.165) is 22.7 Å². The highest BCUT2D eigenvalue weighted by atomic mass is 32.1. The summed E-state index contributed by atoms with van der Waals surface area (Å²) < 4.78 is 19.3. The van der Waals surface area contributed by atoms with Crippen LogP contribution in [0, 0.1) is 11.3 Å². The van der Waals surface area contributed by atoms with Crippen molar-refractivity contribution in [3.8, 4) is 6.07 Å². The zero-order valence-corrected chi connectivity index (χ0v) is 18.6. The van der Waals surface area contributed by atoms with Crippen molar-refractivity contribution in [2.45, 2.75) is 13.5 Å². The highest BCUT2D eigenvalue weighted by molar-refractivity contribution is 7.07. The molecule has 0 atom stereocenters. The first-order chi connectivity index (χ1) is 15.5. The molecule has 0 saturated heterocycles. The summed E-state index contributed by atoms with van der Waals surface area (Å²) in [5.41, 5.74) is 6.66. The van der Waals surface area contributed by atoms with Crippen LogP contribution >= 0.6 is 11.3 Å². The number of nitrogens with zero attached hydrogens (tertiary/aromatic N) is 2. The van der Waals surface area contributed by atoms with Crippen LogP contribution in [0.1, 0.15) is 6.92 Å². The summed E-state index contributed by atoms with van der Waals surface area (Å²) in [5, 5.41) is 17.8. The molecule has 0 bridgehead atoms. The third-order valence-electron chi connectivity index (χ3n) is 4.09. The van der Waals surface area contributed by atoms with E-state index in [0.29, 0.717) is 24.4 Å². The molecule has 168 valence electrons. The summed E-state index contributed by atoms with van der Waals surface area (Å²) in [4.78, 5) is 24.6. The predicted octanol–water partition coefficient (Wildman–Crippen LogP) is 0.908. The van der Waals surface area contributed by atoms with E-state index in [1.54, 1.807) is 20.1 Å². The molecular weight excluding hydrogens is 433 g/mol. The predicted molar refractivity (Wildman–Crippen MR) is 123 cm³/mol. The Kier molecular flexibility index (Phi) is 9.98. The molecule has 10 heteroatoms. The Morgan fingerprint density at radius 2 is 2.12 bits per heavy atom. The molecule has 32 heavy (non-hydrogen) atoms. The number of ether oxygens (including phenoxy) is 1. The summed E-state index contributed by atoms with van der Waals surface area (Å²) in [7, 11) is 1.64. The number of nitriles is 1. The molecule has 3 N–H and O–H groups in total. The first kappa shape index (κ1) is 24.7. The van der Waals surface area contributed by atoms with Crippen LogP contribution in [-0.2, 0) is 16.1 Å². The van der Waals surface area contributed by atoms with Gasteiger partial charge in [0.05, 0.1) is 6.61 Å². The second-order valence-electron chi connectivity index (χ2n) is 6.28. The van der Waals surface area contributed by atoms with E-state index in [9.17, 15) is 19.2 Å². The van der Waals surface area contributed by atoms with Crippen molar-refractivity contribution in [1.82, 2.24) is 9.88 Å². The van der Waals surface area contributed by atoms with Crippen molar-refractivity contribution in [1.29, 1.82) is 5.26 Å². The van der Waals surface area contributed by atoms with Gasteiger partial charge in [-0.05, 0) is 25.1 Å². The Bertz CT molecular complexity index is 1230. The molecular formula is C22H24FN5O3S. The van der Waals surface area contributed by atoms with E-state index in [4.69, 9.17) is 4.74 Å². The average Bonchev–Trinajstić information content (AvgIpc) is 3.10. The quantitative estimate of drug-likeness (QED) is 0.278. The summed E-state index contributed by atoms with van der Waals surface area (Å²) in [6.07, 6.45) is 1.52. The molecule has 0 aliphatic rings. The van der Waals surface area contributed by atoms with Crippen LogP contribution in [0.5, 0.6) is 0 Å². The van der Waals surface area contributed by atoms with Crippen LogP contribution in [-0.4, -0.2) is 44.0 Å². The van der Waals surface area contributed by atoms with Crippen molar-refractivity contribution in [2.75, 3.05) is 44.1 Å². The second-order valence-corrected chi connectivity index (χ2v) is 7.27. The molecule has 0 aliphatic heterocycles. The van der Waals surface area contributed by atoms with Gasteiger partial charge in [-0.2, -0.15) is 5.26 Å². The zero-order chi connectivity index (χ0) is 23.3. The molecule has 1 aromatic carbocycles. The van der Waals surface area contributed by atoms with Crippen LogP contribution in [0.15, 0.2) is 40.8 Å². The third-order valence-corrected chi connectivity index (χ3v) is 5.10. The van der Waals surface area contributed by atoms with E-state index < -0.39 is 12.6 Å². The first-order valence-corrected chi connectivity index (χ1v) is 10.6. The van der Waals surface area contributed by atoms with Gasteiger partial charge in [-0.25, -0.2) is 4.39 Å². The lowest BCUT2D eigenvalue weighted by molar-refractivity contribution is -0.117. The van der Waals surface area contributed by atoms with E-state index in [2.05, 4.69) is 27.4 Å². The SMILES string of the molecule is CCn1c(=C=C(C#N)C(=O)NCCF)sc(=C=CNc2cccc(NCCOC)c2)c1=O. The summed E-state index contributed by atoms with van der Waals surface area (Å²) in [6.45, 7) is 2.41. The number of aromatic nitrogens is 1. The summed E-state index contributed by atoms with van der Waals surface area (Å²) >= 11 is 1.05. The molecule has 0 radical (unpaired) electrons. The van der Waals surface area contributed by atoms with Crippen molar-refractivity contribution in [3.63, 3.8) is 0 Å². The fourth-order valence-electron chi connectivity index (χ4n) is 2.57. The Balaban J connectivity index is 2.38. The van der Waals surface area contributed by atoms with Gasteiger partial charge in [0.1, 0.15) is 21.9 Å². The molecule has 0 saturated carbocycles. The fraction of sp³-hybridized carbons (Fsp3) is 0.318. The average molecular weight is 458 g/mol. The van der Waals surface area contributed by atoms with Gasteiger partial charge in [-0.3, -0.25) is 14.2 Å². The number of amides is 1. The van der Waals surface area contributed by atoms with Crippen LogP contribution in [0.2, 0.25) is 0 Å². The van der Waals surface area contributed by atoms with Gasteiger partial charge in [0.2, 0.25) is 0 Å². The number of methoxy groups -OCH3 is 1. The Morgan fingerprint density at radius 1 is 1.34 bits per heavy atom. The first-order valence-electron chi connectivity index (χ1n) is 9.83. The van der Waals surface area contributed by atoms with E-state index in [1.807, 2.05) is 24.3 Å². The number of halogens is 1. The number of carbonyl (C=O) groups is 1. The van der Waals surface area contributed by atoms with Crippen molar-refractivity contribution in [2.24, 2.45) is 0 Å². The van der Waals surface area contributed by atoms with Gasteiger partial charge < -0.3 is 20.7 Å². The Morgan fingerprint density at radius 3 is 2.81 bits per heavy atom. The minimum atomic E-state index is -0.744. The zero-order valence-electron chi connectivity index (χ0n) is 17.8. The number of hydrogen-bond acceptors (Lipinski definition) is 7. The molecule has 2 aromatic rings. The number of benzene rings is 1. The number of anilines is 2. The number of alkyl halides is 1. The molecule has 0 spiro atoms. The Hall–Kier alpha value is -3.60. The fourth-order valence-corrected chi connectivity index (χ4v) is 3.56. The maximum absolute atomic E-state index is 12.6. The molecule has 1 amide bonds. The van der Waals surface area contributed by atoms with Crippen LogP contribution in [0.4, 0.5) is 15.8 Å². The maximum Gasteiger partial charge on any atom is 0.277 e. The standard InChI is InChI=1S/C22H24FN5O3S/c1-3-28-20(13-16(15-24)21(29)27-10-8-23)32-19(22(28)30)7-9-25-17-5-4-6-18(14-17)26-11-12-31-2/h4-6,9,14,25-26H,3,8,10-12H2,1-2H3,(H,27,29). The highest BCUT2D eigenvalue weighted by Crippen LogP contribution is 2.14. The lowest BCUT2D eigenvalue weighted by Gasteiger charge is -2.07. The molecule has 2 rings (SSSR count). The van der Waals surface area contributed by atoms with Gasteiger partial charge in [0.15, 0.2) is 5.57 Å². The lowest BCUT2D eigenvalue weighted by atomic mass is 10.3. The molecule has 8 nitrogen and oxygen atoms in total. The van der Waals surface area contributed by atoms with Crippen LogP contribution in [0.3, 0.4) is 0 Å². The number of hydrogen-bond donors (Lipinski definition) is 3. The van der Waals surface area contributed by atoms with Gasteiger partial charge in [0.25, 0.3) is 11.5 Å². The van der Waals surface area contributed by atoms with Crippen LogP contribution in [0.25, 0.3) is 11.5 Å². The summed E-state index contributed by atoms with van der Waals surface area (Å²) in [6, 6.07) is 9.33. The van der Waals surface area contributed by atoms with Gasteiger partial charge in [-0.15, -0.1) is 0 Å². The van der Waals surface area contributed by atoms with Crippen molar-refractivity contribution < 1.29 is 13.9 Å². The summed E-state index contributed by atoms with van der Waals surface area (Å²) in [5.74, 6) is -0.740. The molecule has 0 fully saturated rings. The van der Waals surface area contributed by atoms with Crippen molar-refractivity contribution in [3.05, 3.63) is 55.6 Å². The van der Waals surface area contributed by atoms with Gasteiger partial charge >= 0.3 is 0 Å². The molecule has 0 aliphatic carbocycles. The minimum absolute atomic E-state index is 0.201. The second kappa shape index (κ2) is 13.0. The number of carbonyl (C=O) groups excluding carboxylic acids is 1.